The van der Waals surface area contributed by atoms with Crippen molar-refractivity contribution >= 4 is 21.4 Å². The molecule has 0 spiro atoms. The first-order chi connectivity index (χ1) is 8.39. The van der Waals surface area contributed by atoms with Gasteiger partial charge in [-0.05, 0) is 17.7 Å². The summed E-state index contributed by atoms with van der Waals surface area (Å²) in [5.41, 5.74) is 0.604. The van der Waals surface area contributed by atoms with Crippen LogP contribution in [0.1, 0.15) is 0 Å². The predicted octanol–water partition coefficient (Wildman–Crippen LogP) is 1.49. The maximum Gasteiger partial charge on any atom is 0.283 e. The lowest BCUT2D eigenvalue weighted by Gasteiger charge is -2.04. The summed E-state index contributed by atoms with van der Waals surface area (Å²) in [7, 11) is -3.24. The zero-order valence-corrected chi connectivity index (χ0v) is 10.9. The van der Waals surface area contributed by atoms with Crippen LogP contribution in [0.2, 0.25) is 5.02 Å². The van der Waals surface area contributed by atoms with Gasteiger partial charge >= 0.3 is 0 Å². The second-order valence-electron chi connectivity index (χ2n) is 3.72. The molecule has 18 heavy (non-hydrogen) atoms. The Labute approximate surface area is 108 Å². The molecule has 0 aliphatic carbocycles. The molecule has 0 saturated heterocycles. The minimum absolute atomic E-state index is 0.0251. The lowest BCUT2D eigenvalue weighted by atomic mass is 10.1. The fraction of sp³-hybridized carbons (Fsp3) is 0.0909. The van der Waals surface area contributed by atoms with Crippen LogP contribution in [0.3, 0.4) is 0 Å². The highest BCUT2D eigenvalue weighted by molar-refractivity contribution is 7.90. The Morgan fingerprint density at radius 2 is 1.83 bits per heavy atom. The van der Waals surface area contributed by atoms with Crippen LogP contribution in [0, 0.1) is 0 Å². The molecule has 0 atom stereocenters. The fourth-order valence-electron chi connectivity index (χ4n) is 1.47. The molecule has 94 valence electrons. The van der Waals surface area contributed by atoms with E-state index < -0.39 is 15.4 Å². The first-order valence-corrected chi connectivity index (χ1v) is 7.20. The highest BCUT2D eigenvalue weighted by atomic mass is 35.5. The third-order valence-electron chi connectivity index (χ3n) is 2.39. The Kier molecular flexibility index (Phi) is 3.23. The minimum atomic E-state index is -3.24. The van der Waals surface area contributed by atoms with E-state index in [4.69, 9.17) is 11.6 Å². The SMILES string of the molecule is CS(=O)(=O)c1ccc(-c2cn[nH]c(=O)c2Cl)cc1. The normalized spacial score (nSPS) is 11.4. The van der Waals surface area contributed by atoms with E-state index in [1.165, 1.54) is 18.3 Å². The van der Waals surface area contributed by atoms with Crippen molar-refractivity contribution in [3.8, 4) is 11.1 Å². The van der Waals surface area contributed by atoms with E-state index in [1.54, 1.807) is 12.1 Å². The van der Waals surface area contributed by atoms with E-state index >= 15 is 0 Å². The molecule has 0 unspecified atom stereocenters. The zero-order chi connectivity index (χ0) is 13.3. The number of sulfone groups is 1. The predicted molar refractivity (Wildman–Crippen MR) is 68.4 cm³/mol. The summed E-state index contributed by atoms with van der Waals surface area (Å²) in [5, 5.41) is 5.89. The molecule has 5 nitrogen and oxygen atoms in total. The molecule has 2 aromatic rings. The van der Waals surface area contributed by atoms with Crippen molar-refractivity contribution in [1.82, 2.24) is 10.2 Å². The van der Waals surface area contributed by atoms with Gasteiger partial charge in [-0.3, -0.25) is 4.79 Å². The van der Waals surface area contributed by atoms with Gasteiger partial charge in [0.2, 0.25) is 0 Å². The van der Waals surface area contributed by atoms with Crippen LogP contribution in [-0.4, -0.2) is 24.9 Å². The van der Waals surface area contributed by atoms with Crippen LogP contribution in [0.25, 0.3) is 11.1 Å². The van der Waals surface area contributed by atoms with Crippen molar-refractivity contribution in [2.75, 3.05) is 6.26 Å². The van der Waals surface area contributed by atoms with Crippen molar-refractivity contribution in [3.05, 3.63) is 45.8 Å². The van der Waals surface area contributed by atoms with Gasteiger partial charge in [0.05, 0.1) is 11.1 Å². The van der Waals surface area contributed by atoms with E-state index in [0.29, 0.717) is 11.1 Å². The number of benzene rings is 1. The summed E-state index contributed by atoms with van der Waals surface area (Å²) in [6.45, 7) is 0. The lowest BCUT2D eigenvalue weighted by molar-refractivity contribution is 0.602. The topological polar surface area (TPSA) is 79.9 Å². The average Bonchev–Trinajstić information content (AvgIpc) is 2.32. The summed E-state index contributed by atoms with van der Waals surface area (Å²) in [6, 6.07) is 6.09. The van der Waals surface area contributed by atoms with E-state index in [9.17, 15) is 13.2 Å². The molecule has 1 heterocycles. The summed E-state index contributed by atoms with van der Waals surface area (Å²) in [5.74, 6) is 0. The molecule has 1 aromatic carbocycles. The first kappa shape index (κ1) is 12.8. The number of rotatable bonds is 2. The average molecular weight is 285 g/mol. The maximum atomic E-state index is 11.3. The molecule has 0 aliphatic heterocycles. The van der Waals surface area contributed by atoms with E-state index in [2.05, 4.69) is 10.2 Å². The highest BCUT2D eigenvalue weighted by Gasteiger charge is 2.10. The summed E-state index contributed by atoms with van der Waals surface area (Å²) >= 11 is 5.86. The van der Waals surface area contributed by atoms with Crippen molar-refractivity contribution in [2.45, 2.75) is 4.90 Å². The smallest absolute Gasteiger partial charge is 0.266 e. The Morgan fingerprint density at radius 1 is 1.22 bits per heavy atom. The Morgan fingerprint density at radius 3 is 2.39 bits per heavy atom. The Balaban J connectivity index is 2.54. The largest absolute Gasteiger partial charge is 0.283 e. The monoisotopic (exact) mass is 284 g/mol. The van der Waals surface area contributed by atoms with Gasteiger partial charge < -0.3 is 0 Å². The number of H-pyrrole nitrogens is 1. The molecule has 0 saturated carbocycles. The lowest BCUT2D eigenvalue weighted by Crippen LogP contribution is -2.08. The molecule has 1 N–H and O–H groups in total. The summed E-state index contributed by atoms with van der Waals surface area (Å²) in [4.78, 5) is 11.5. The van der Waals surface area contributed by atoms with Gasteiger partial charge in [0.15, 0.2) is 9.84 Å². The third-order valence-corrected chi connectivity index (χ3v) is 3.89. The van der Waals surface area contributed by atoms with Gasteiger partial charge in [-0.25, -0.2) is 13.5 Å². The van der Waals surface area contributed by atoms with Gasteiger partial charge in [-0.15, -0.1) is 0 Å². The van der Waals surface area contributed by atoms with Gasteiger partial charge in [-0.1, -0.05) is 23.7 Å². The van der Waals surface area contributed by atoms with Crippen molar-refractivity contribution < 1.29 is 8.42 Å². The van der Waals surface area contributed by atoms with Crippen LogP contribution in [0.15, 0.2) is 40.2 Å². The van der Waals surface area contributed by atoms with Gasteiger partial charge in [-0.2, -0.15) is 5.10 Å². The van der Waals surface area contributed by atoms with Crippen LogP contribution in [0.5, 0.6) is 0 Å². The zero-order valence-electron chi connectivity index (χ0n) is 9.34. The number of hydrogen-bond donors (Lipinski definition) is 1. The second kappa shape index (κ2) is 4.55. The molecule has 0 aliphatic rings. The second-order valence-corrected chi connectivity index (χ2v) is 6.12. The quantitative estimate of drug-likeness (QED) is 0.906. The summed E-state index contributed by atoms with van der Waals surface area (Å²) in [6.07, 6.45) is 2.54. The van der Waals surface area contributed by atoms with Crippen molar-refractivity contribution in [2.24, 2.45) is 0 Å². The van der Waals surface area contributed by atoms with Gasteiger partial charge in [0, 0.05) is 11.8 Å². The molecule has 7 heteroatoms. The summed E-state index contributed by atoms with van der Waals surface area (Å²) < 4.78 is 22.6. The molecule has 0 amide bonds. The van der Waals surface area contributed by atoms with E-state index in [-0.39, 0.29) is 9.92 Å². The number of nitrogens with zero attached hydrogens (tertiary/aromatic N) is 1. The van der Waals surface area contributed by atoms with E-state index in [0.717, 1.165) is 6.26 Å². The highest BCUT2D eigenvalue weighted by Crippen LogP contribution is 2.24. The van der Waals surface area contributed by atoms with Crippen LogP contribution in [-0.2, 0) is 9.84 Å². The number of nitrogens with one attached hydrogen (secondary N) is 1. The molecular formula is C11H9ClN2O3S. The van der Waals surface area contributed by atoms with Crippen LogP contribution < -0.4 is 5.56 Å². The molecule has 0 fully saturated rings. The number of aromatic amines is 1. The first-order valence-electron chi connectivity index (χ1n) is 4.93. The maximum absolute atomic E-state index is 11.3. The Bertz CT molecular complexity index is 736. The number of halogens is 1. The fourth-order valence-corrected chi connectivity index (χ4v) is 2.30. The molecule has 1 aromatic heterocycles. The van der Waals surface area contributed by atoms with Gasteiger partial charge in [0.1, 0.15) is 5.02 Å². The number of aromatic nitrogens is 2. The molecule has 0 radical (unpaired) electrons. The minimum Gasteiger partial charge on any atom is -0.266 e. The molecule has 0 bridgehead atoms. The van der Waals surface area contributed by atoms with Crippen LogP contribution in [0.4, 0.5) is 0 Å². The Hall–Kier alpha value is -1.66. The number of hydrogen-bond acceptors (Lipinski definition) is 4. The van der Waals surface area contributed by atoms with Crippen LogP contribution >= 0.6 is 11.6 Å². The van der Waals surface area contributed by atoms with Crippen molar-refractivity contribution in [1.29, 1.82) is 0 Å². The van der Waals surface area contributed by atoms with Gasteiger partial charge in [0.25, 0.3) is 5.56 Å². The van der Waals surface area contributed by atoms with E-state index in [1.807, 2.05) is 0 Å². The molecule has 2 rings (SSSR count). The third kappa shape index (κ3) is 2.44. The van der Waals surface area contributed by atoms with Crippen molar-refractivity contribution in [3.63, 3.8) is 0 Å². The standard InChI is InChI=1S/C11H9ClN2O3S/c1-18(16,17)8-4-2-7(3-5-8)9-6-13-14-11(15)10(9)12/h2-6H,1H3,(H,14,15). The molecular weight excluding hydrogens is 276 g/mol.